The van der Waals surface area contributed by atoms with Crippen molar-refractivity contribution in [3.8, 4) is 0 Å². The summed E-state index contributed by atoms with van der Waals surface area (Å²) in [5, 5.41) is 11.7. The summed E-state index contributed by atoms with van der Waals surface area (Å²) in [6.07, 6.45) is 1.70. The van der Waals surface area contributed by atoms with Gasteiger partial charge in [-0.15, -0.1) is 11.8 Å². The molecule has 0 spiro atoms. The second-order valence-corrected chi connectivity index (χ2v) is 5.84. The van der Waals surface area contributed by atoms with E-state index in [1.165, 1.54) is 16.7 Å². The summed E-state index contributed by atoms with van der Waals surface area (Å²) in [5.41, 5.74) is 0. The fourth-order valence-electron chi connectivity index (χ4n) is 2.09. The Morgan fingerprint density at radius 2 is 2.10 bits per heavy atom. The Labute approximate surface area is 128 Å². The SMILES string of the molecule is CCCC1SCC(C(=O)O)N1C(=O)NCCC(=O)OCC. The number of carbonyl (C=O) groups is 3. The first kappa shape index (κ1) is 17.6. The molecule has 2 atom stereocenters. The van der Waals surface area contributed by atoms with Crippen molar-refractivity contribution in [2.75, 3.05) is 18.9 Å². The number of urea groups is 1. The van der Waals surface area contributed by atoms with Crippen molar-refractivity contribution in [1.29, 1.82) is 0 Å². The van der Waals surface area contributed by atoms with Crippen molar-refractivity contribution in [1.82, 2.24) is 10.2 Å². The van der Waals surface area contributed by atoms with Gasteiger partial charge in [0.25, 0.3) is 0 Å². The Kier molecular flexibility index (Phi) is 7.35. The third kappa shape index (κ3) is 5.11. The van der Waals surface area contributed by atoms with Crippen molar-refractivity contribution >= 4 is 29.7 Å². The van der Waals surface area contributed by atoms with Crippen molar-refractivity contribution < 1.29 is 24.2 Å². The lowest BCUT2D eigenvalue weighted by atomic mass is 10.2. The maximum absolute atomic E-state index is 12.2. The lowest BCUT2D eigenvalue weighted by molar-refractivity contribution is -0.143. The van der Waals surface area contributed by atoms with E-state index in [4.69, 9.17) is 4.74 Å². The van der Waals surface area contributed by atoms with Gasteiger partial charge in [0.15, 0.2) is 0 Å². The van der Waals surface area contributed by atoms with Gasteiger partial charge < -0.3 is 15.2 Å². The van der Waals surface area contributed by atoms with Crippen LogP contribution in [0.5, 0.6) is 0 Å². The molecule has 1 rings (SSSR count). The van der Waals surface area contributed by atoms with E-state index in [1.54, 1.807) is 6.92 Å². The number of carboxylic acids is 1. The van der Waals surface area contributed by atoms with Crippen molar-refractivity contribution in [2.24, 2.45) is 0 Å². The minimum atomic E-state index is -0.998. The summed E-state index contributed by atoms with van der Waals surface area (Å²) in [7, 11) is 0. The molecule has 0 aromatic rings. The van der Waals surface area contributed by atoms with Crippen LogP contribution in [0.4, 0.5) is 4.79 Å². The van der Waals surface area contributed by atoms with E-state index >= 15 is 0 Å². The molecule has 0 aliphatic carbocycles. The highest BCUT2D eigenvalue weighted by atomic mass is 32.2. The highest BCUT2D eigenvalue weighted by molar-refractivity contribution is 8.00. The lowest BCUT2D eigenvalue weighted by Crippen LogP contribution is -2.50. The van der Waals surface area contributed by atoms with Gasteiger partial charge in [-0.3, -0.25) is 9.69 Å². The number of nitrogens with one attached hydrogen (secondary N) is 1. The third-order valence-electron chi connectivity index (χ3n) is 3.06. The second-order valence-electron chi connectivity index (χ2n) is 4.62. The average molecular weight is 318 g/mol. The average Bonchev–Trinajstić information content (AvgIpc) is 2.83. The van der Waals surface area contributed by atoms with Gasteiger partial charge in [-0.1, -0.05) is 13.3 Å². The van der Waals surface area contributed by atoms with E-state index in [9.17, 15) is 19.5 Å². The van der Waals surface area contributed by atoms with Gasteiger partial charge >= 0.3 is 18.0 Å². The van der Waals surface area contributed by atoms with Crippen LogP contribution in [0, 0.1) is 0 Å². The molecule has 0 saturated carbocycles. The smallest absolute Gasteiger partial charge is 0.327 e. The van der Waals surface area contributed by atoms with E-state index < -0.39 is 18.0 Å². The summed E-state index contributed by atoms with van der Waals surface area (Å²) in [4.78, 5) is 36.0. The Balaban J connectivity index is 2.54. The molecule has 1 heterocycles. The number of ether oxygens (including phenoxy) is 1. The Morgan fingerprint density at radius 1 is 1.38 bits per heavy atom. The topological polar surface area (TPSA) is 95.9 Å². The zero-order valence-corrected chi connectivity index (χ0v) is 13.1. The van der Waals surface area contributed by atoms with Crippen LogP contribution in [0.2, 0.25) is 0 Å². The summed E-state index contributed by atoms with van der Waals surface area (Å²) in [5.74, 6) is -0.985. The molecule has 1 aliphatic heterocycles. The molecule has 1 fully saturated rings. The Bertz CT molecular complexity index is 391. The van der Waals surface area contributed by atoms with Crippen LogP contribution in [-0.2, 0) is 14.3 Å². The van der Waals surface area contributed by atoms with Gasteiger partial charge in [0.1, 0.15) is 6.04 Å². The molecule has 0 bridgehead atoms. The zero-order valence-electron chi connectivity index (χ0n) is 12.3. The van der Waals surface area contributed by atoms with Crippen molar-refractivity contribution in [2.45, 2.75) is 44.5 Å². The van der Waals surface area contributed by atoms with Crippen LogP contribution in [0.3, 0.4) is 0 Å². The van der Waals surface area contributed by atoms with Crippen LogP contribution >= 0.6 is 11.8 Å². The van der Waals surface area contributed by atoms with Gasteiger partial charge in [0, 0.05) is 12.3 Å². The van der Waals surface area contributed by atoms with E-state index in [0.717, 1.165) is 12.8 Å². The first-order valence-corrected chi connectivity index (χ1v) is 8.12. The number of esters is 1. The molecule has 0 radical (unpaired) electrons. The summed E-state index contributed by atoms with van der Waals surface area (Å²) in [6.45, 7) is 4.15. The molecular weight excluding hydrogens is 296 g/mol. The Morgan fingerprint density at radius 3 is 2.67 bits per heavy atom. The monoisotopic (exact) mass is 318 g/mol. The first-order chi connectivity index (χ1) is 10.0. The minimum Gasteiger partial charge on any atom is -0.480 e. The molecule has 2 amide bonds. The number of hydrogen-bond donors (Lipinski definition) is 2. The molecule has 21 heavy (non-hydrogen) atoms. The maximum Gasteiger partial charge on any atom is 0.327 e. The molecule has 7 nitrogen and oxygen atoms in total. The number of carboxylic acid groups (broad SMARTS) is 1. The molecule has 120 valence electrons. The fraction of sp³-hybridized carbons (Fsp3) is 0.769. The van der Waals surface area contributed by atoms with E-state index in [0.29, 0.717) is 12.4 Å². The lowest BCUT2D eigenvalue weighted by Gasteiger charge is -2.27. The second kappa shape index (κ2) is 8.76. The predicted octanol–water partition coefficient (Wildman–Crippen LogP) is 1.28. The molecule has 2 N–H and O–H groups in total. The molecule has 8 heteroatoms. The fourth-order valence-corrected chi connectivity index (χ4v) is 3.60. The van der Waals surface area contributed by atoms with Gasteiger partial charge in [0.2, 0.25) is 0 Å². The largest absolute Gasteiger partial charge is 0.480 e. The standard InChI is InChI=1S/C13H22N2O5S/c1-3-5-10-15(9(8-21-10)12(17)18)13(19)14-7-6-11(16)20-4-2/h9-10H,3-8H2,1-2H3,(H,14,19)(H,17,18). The number of hydrogen-bond acceptors (Lipinski definition) is 5. The molecule has 0 aromatic carbocycles. The van der Waals surface area contributed by atoms with Crippen molar-refractivity contribution in [3.05, 3.63) is 0 Å². The zero-order chi connectivity index (χ0) is 15.8. The summed E-state index contributed by atoms with van der Waals surface area (Å²) < 4.78 is 4.77. The summed E-state index contributed by atoms with van der Waals surface area (Å²) >= 11 is 1.48. The highest BCUT2D eigenvalue weighted by Gasteiger charge is 2.41. The molecule has 1 aliphatic rings. The van der Waals surface area contributed by atoms with Crippen molar-refractivity contribution in [3.63, 3.8) is 0 Å². The quantitative estimate of drug-likeness (QED) is 0.686. The molecular formula is C13H22N2O5S. The molecule has 1 saturated heterocycles. The van der Waals surface area contributed by atoms with Gasteiger partial charge in [-0.25, -0.2) is 9.59 Å². The Hall–Kier alpha value is -1.44. The van der Waals surface area contributed by atoms with E-state index in [2.05, 4.69) is 5.32 Å². The van der Waals surface area contributed by atoms with Crippen LogP contribution in [0.25, 0.3) is 0 Å². The van der Waals surface area contributed by atoms with E-state index in [1.807, 2.05) is 6.92 Å². The normalized spacial score (nSPS) is 21.1. The number of aliphatic carboxylic acids is 1. The van der Waals surface area contributed by atoms with Gasteiger partial charge in [-0.2, -0.15) is 0 Å². The van der Waals surface area contributed by atoms with Crippen LogP contribution < -0.4 is 5.32 Å². The molecule has 2 unspecified atom stereocenters. The van der Waals surface area contributed by atoms with Gasteiger partial charge in [-0.05, 0) is 13.3 Å². The third-order valence-corrected chi connectivity index (χ3v) is 4.41. The van der Waals surface area contributed by atoms with Crippen LogP contribution in [-0.4, -0.2) is 58.3 Å². The van der Waals surface area contributed by atoms with Crippen LogP contribution in [0.15, 0.2) is 0 Å². The number of thioether (sulfide) groups is 1. The predicted molar refractivity (Wildman–Crippen MR) is 79.1 cm³/mol. The maximum atomic E-state index is 12.2. The summed E-state index contributed by atoms with van der Waals surface area (Å²) in [6, 6.07) is -1.25. The minimum absolute atomic E-state index is 0.0801. The number of rotatable bonds is 7. The molecule has 0 aromatic heterocycles. The first-order valence-electron chi connectivity index (χ1n) is 7.07. The number of nitrogens with zero attached hydrogens (tertiary/aromatic N) is 1. The van der Waals surface area contributed by atoms with Gasteiger partial charge in [0.05, 0.1) is 18.4 Å². The number of carbonyl (C=O) groups excluding carboxylic acids is 2. The van der Waals surface area contributed by atoms with Crippen LogP contribution in [0.1, 0.15) is 33.1 Å². The number of amides is 2. The van der Waals surface area contributed by atoms with E-state index in [-0.39, 0.29) is 24.3 Å². The highest BCUT2D eigenvalue weighted by Crippen LogP contribution is 2.32.